The molecular weight excluding hydrogens is 661 g/mol. The highest BCUT2D eigenvalue weighted by atomic mass is 32.1. The number of rotatable bonds is 16. The molecule has 0 atom stereocenters. The van der Waals surface area contributed by atoms with Gasteiger partial charge in [-0.1, -0.05) is 66.7 Å². The molecular formula is C41H38N4O5S. The average molecular weight is 699 g/mol. The summed E-state index contributed by atoms with van der Waals surface area (Å²) in [6, 6.07) is 38.5. The maximum atomic E-state index is 12.8. The fraction of sp³-hybridized carbons (Fsp3) is 0.146. The van der Waals surface area contributed by atoms with Crippen LogP contribution in [0.15, 0.2) is 132 Å². The number of aromatic nitrogens is 1. The smallest absolute Gasteiger partial charge is 0.271 e. The molecule has 1 aromatic heterocycles. The number of amides is 1. The molecule has 10 heteroatoms. The topological polar surface area (TPSA) is 103 Å². The van der Waals surface area contributed by atoms with Crippen LogP contribution in [-0.2, 0) is 13.2 Å². The summed E-state index contributed by atoms with van der Waals surface area (Å²) in [7, 11) is 0. The molecule has 1 heterocycles. The first kappa shape index (κ1) is 34.7. The Labute approximate surface area is 301 Å². The molecule has 0 aliphatic rings. The molecule has 0 saturated heterocycles. The SMILES string of the molecule is CCOc1cc(/C=N/NC(=O)c2ccc(-c3csc(Nc4ccccc4)n3)cc2)ccc1OCc1ccc(OCc2ccccc2)c(OCC)c1. The summed E-state index contributed by atoms with van der Waals surface area (Å²) < 4.78 is 23.9. The minimum Gasteiger partial charge on any atom is -0.490 e. The predicted molar refractivity (Wildman–Crippen MR) is 203 cm³/mol. The molecule has 2 N–H and O–H groups in total. The van der Waals surface area contributed by atoms with Gasteiger partial charge in [0.15, 0.2) is 28.1 Å². The van der Waals surface area contributed by atoms with E-state index >= 15 is 0 Å². The minimum absolute atomic E-state index is 0.301. The molecule has 0 fully saturated rings. The van der Waals surface area contributed by atoms with Crippen molar-refractivity contribution in [3.8, 4) is 34.3 Å². The molecule has 1 amide bonds. The lowest BCUT2D eigenvalue weighted by Gasteiger charge is -2.15. The van der Waals surface area contributed by atoms with Crippen LogP contribution >= 0.6 is 11.3 Å². The van der Waals surface area contributed by atoms with Gasteiger partial charge in [-0.05, 0) is 85.1 Å². The third kappa shape index (κ3) is 9.74. The Morgan fingerprint density at radius 1 is 0.706 bits per heavy atom. The summed E-state index contributed by atoms with van der Waals surface area (Å²) in [4.78, 5) is 17.5. The van der Waals surface area contributed by atoms with E-state index in [1.807, 2.05) is 128 Å². The second-order valence-electron chi connectivity index (χ2n) is 11.2. The van der Waals surface area contributed by atoms with Gasteiger partial charge in [-0.3, -0.25) is 4.79 Å². The molecule has 258 valence electrons. The van der Waals surface area contributed by atoms with Gasteiger partial charge in [0, 0.05) is 22.2 Å². The van der Waals surface area contributed by atoms with Gasteiger partial charge < -0.3 is 24.3 Å². The molecule has 0 spiro atoms. The van der Waals surface area contributed by atoms with E-state index in [2.05, 4.69) is 20.8 Å². The lowest BCUT2D eigenvalue weighted by atomic mass is 10.1. The van der Waals surface area contributed by atoms with Crippen molar-refractivity contribution in [1.29, 1.82) is 0 Å². The van der Waals surface area contributed by atoms with Crippen molar-refractivity contribution in [3.05, 3.63) is 149 Å². The molecule has 0 bridgehead atoms. The first-order valence-electron chi connectivity index (χ1n) is 16.6. The van der Waals surface area contributed by atoms with Crippen molar-refractivity contribution >= 4 is 34.3 Å². The number of hydrazone groups is 1. The monoisotopic (exact) mass is 698 g/mol. The zero-order valence-corrected chi connectivity index (χ0v) is 29.2. The Kier molecular flexibility index (Phi) is 11.9. The molecule has 0 saturated carbocycles. The lowest BCUT2D eigenvalue weighted by Crippen LogP contribution is -2.17. The average Bonchev–Trinajstić information content (AvgIpc) is 3.63. The highest BCUT2D eigenvalue weighted by Gasteiger charge is 2.12. The number of ether oxygens (including phenoxy) is 4. The standard InChI is InChI=1S/C41H38N4O5S/c1-3-47-38-23-30(15-21-36(38)50-27-31-16-22-37(39(24-31)48-4-2)49-26-29-11-7-5-8-12-29)25-42-45-40(46)33-19-17-32(18-20-33)35-28-51-41(44-35)43-34-13-9-6-10-14-34/h5-25,28H,3-4,26-27H2,1-2H3,(H,43,44)(H,45,46)/b42-25+. The summed E-state index contributed by atoms with van der Waals surface area (Å²) in [5.74, 6) is 2.17. The Bertz CT molecular complexity index is 2050. The number of hydrogen-bond donors (Lipinski definition) is 2. The fourth-order valence-corrected chi connectivity index (χ4v) is 5.79. The molecule has 51 heavy (non-hydrogen) atoms. The van der Waals surface area contributed by atoms with Crippen molar-refractivity contribution in [2.45, 2.75) is 27.1 Å². The molecule has 0 aliphatic heterocycles. The van der Waals surface area contributed by atoms with Crippen molar-refractivity contribution in [1.82, 2.24) is 10.4 Å². The van der Waals surface area contributed by atoms with Crippen molar-refractivity contribution in [2.24, 2.45) is 5.10 Å². The third-order valence-corrected chi connectivity index (χ3v) is 8.32. The Hall–Kier alpha value is -6.13. The number of thiazole rings is 1. The Balaban J connectivity index is 1.03. The summed E-state index contributed by atoms with van der Waals surface area (Å²) in [6.45, 7) is 5.57. The number of nitrogens with one attached hydrogen (secondary N) is 2. The maximum absolute atomic E-state index is 12.8. The van der Waals surface area contributed by atoms with Gasteiger partial charge in [0.05, 0.1) is 25.1 Å². The van der Waals surface area contributed by atoms with Crippen LogP contribution in [-0.4, -0.2) is 30.3 Å². The zero-order valence-electron chi connectivity index (χ0n) is 28.4. The first-order valence-corrected chi connectivity index (χ1v) is 17.5. The van der Waals surface area contributed by atoms with Gasteiger partial charge >= 0.3 is 0 Å². The van der Waals surface area contributed by atoms with Gasteiger partial charge in [0.2, 0.25) is 0 Å². The summed E-state index contributed by atoms with van der Waals surface area (Å²) in [5, 5.41) is 10.3. The summed E-state index contributed by atoms with van der Waals surface area (Å²) in [5.41, 5.74) is 8.55. The number of carbonyl (C=O) groups is 1. The fourth-order valence-electron chi connectivity index (χ4n) is 5.05. The van der Waals surface area contributed by atoms with E-state index in [-0.39, 0.29) is 5.91 Å². The predicted octanol–water partition coefficient (Wildman–Crippen LogP) is 9.27. The molecule has 0 aliphatic carbocycles. The third-order valence-electron chi connectivity index (χ3n) is 7.56. The zero-order chi connectivity index (χ0) is 35.3. The highest BCUT2D eigenvalue weighted by molar-refractivity contribution is 7.14. The van der Waals surface area contributed by atoms with E-state index in [0.29, 0.717) is 55.0 Å². The van der Waals surface area contributed by atoms with Crippen LogP contribution in [0.25, 0.3) is 11.3 Å². The minimum atomic E-state index is -0.324. The molecule has 6 aromatic rings. The van der Waals surface area contributed by atoms with E-state index in [0.717, 1.165) is 38.8 Å². The number of para-hydroxylation sites is 1. The normalized spacial score (nSPS) is 10.9. The molecule has 0 unspecified atom stereocenters. The van der Waals surface area contributed by atoms with Crippen LogP contribution in [0.5, 0.6) is 23.0 Å². The van der Waals surface area contributed by atoms with Crippen molar-refractivity contribution < 1.29 is 23.7 Å². The molecule has 9 nitrogen and oxygen atoms in total. The van der Waals surface area contributed by atoms with Gasteiger partial charge in [-0.2, -0.15) is 5.10 Å². The number of nitrogens with zero attached hydrogens (tertiary/aromatic N) is 2. The van der Waals surface area contributed by atoms with Gasteiger partial charge in [-0.15, -0.1) is 11.3 Å². The number of hydrogen-bond acceptors (Lipinski definition) is 9. The van der Waals surface area contributed by atoms with Crippen molar-refractivity contribution in [2.75, 3.05) is 18.5 Å². The van der Waals surface area contributed by atoms with Crippen LogP contribution in [0.2, 0.25) is 0 Å². The maximum Gasteiger partial charge on any atom is 0.271 e. The van der Waals surface area contributed by atoms with E-state index in [1.54, 1.807) is 18.3 Å². The van der Waals surface area contributed by atoms with Crippen LogP contribution < -0.4 is 29.7 Å². The van der Waals surface area contributed by atoms with Crippen LogP contribution in [0.3, 0.4) is 0 Å². The highest BCUT2D eigenvalue weighted by Crippen LogP contribution is 2.32. The van der Waals surface area contributed by atoms with Crippen LogP contribution in [0.4, 0.5) is 10.8 Å². The molecule has 6 rings (SSSR count). The quantitative estimate of drug-likeness (QED) is 0.0767. The number of carbonyl (C=O) groups excluding carboxylic acids is 1. The summed E-state index contributed by atoms with van der Waals surface area (Å²) >= 11 is 1.52. The number of anilines is 2. The van der Waals surface area contributed by atoms with E-state index in [4.69, 9.17) is 18.9 Å². The van der Waals surface area contributed by atoms with Gasteiger partial charge in [0.1, 0.15) is 13.2 Å². The second-order valence-corrected chi connectivity index (χ2v) is 12.1. The lowest BCUT2D eigenvalue weighted by molar-refractivity contribution is 0.0955. The van der Waals surface area contributed by atoms with E-state index in [1.165, 1.54) is 11.3 Å². The Morgan fingerprint density at radius 2 is 1.35 bits per heavy atom. The molecule has 5 aromatic carbocycles. The second kappa shape index (κ2) is 17.5. The van der Waals surface area contributed by atoms with Crippen LogP contribution in [0, 0.1) is 0 Å². The van der Waals surface area contributed by atoms with E-state index in [9.17, 15) is 4.79 Å². The number of benzene rings is 5. The van der Waals surface area contributed by atoms with Crippen LogP contribution in [0.1, 0.15) is 40.9 Å². The summed E-state index contributed by atoms with van der Waals surface area (Å²) in [6.07, 6.45) is 1.57. The van der Waals surface area contributed by atoms with Crippen molar-refractivity contribution in [3.63, 3.8) is 0 Å². The first-order chi connectivity index (χ1) is 25.1. The molecule has 0 radical (unpaired) electrons. The Morgan fingerprint density at radius 3 is 2.06 bits per heavy atom. The largest absolute Gasteiger partial charge is 0.490 e. The van der Waals surface area contributed by atoms with Gasteiger partial charge in [0.25, 0.3) is 5.91 Å². The van der Waals surface area contributed by atoms with E-state index < -0.39 is 0 Å². The van der Waals surface area contributed by atoms with Gasteiger partial charge in [-0.25, -0.2) is 10.4 Å².